The minimum atomic E-state index is -3.95. The zero-order chi connectivity index (χ0) is 15.5. The van der Waals surface area contributed by atoms with Gasteiger partial charge >= 0.3 is 0 Å². The fourth-order valence-electron chi connectivity index (χ4n) is 1.75. The summed E-state index contributed by atoms with van der Waals surface area (Å²) < 4.78 is 27.5. The minimum absolute atomic E-state index is 0.0302. The predicted molar refractivity (Wildman–Crippen MR) is 80.4 cm³/mol. The van der Waals surface area contributed by atoms with Gasteiger partial charge in [0.05, 0.1) is 0 Å². The molecule has 1 aromatic rings. The molecule has 1 heterocycles. The lowest BCUT2D eigenvalue weighted by Crippen LogP contribution is -2.33. The van der Waals surface area contributed by atoms with Crippen LogP contribution in [0.5, 0.6) is 0 Å². The van der Waals surface area contributed by atoms with Crippen LogP contribution < -0.4 is 5.32 Å². The van der Waals surface area contributed by atoms with Crippen LogP contribution in [0.1, 0.15) is 44.2 Å². The number of halogens is 2. The maximum Gasteiger partial charge on any atom is 0.287 e. The second-order valence-electron chi connectivity index (χ2n) is 4.81. The van der Waals surface area contributed by atoms with Crippen molar-refractivity contribution in [3.63, 3.8) is 0 Å². The number of furan rings is 1. The second kappa shape index (κ2) is 6.95. The van der Waals surface area contributed by atoms with E-state index in [1.54, 1.807) is 0 Å². The van der Waals surface area contributed by atoms with Gasteiger partial charge in [-0.1, -0.05) is 20.3 Å². The highest BCUT2D eigenvalue weighted by atomic mass is 79.9. The molecule has 0 aliphatic carbocycles. The Morgan fingerprint density at radius 1 is 1.50 bits per heavy atom. The van der Waals surface area contributed by atoms with Gasteiger partial charge in [-0.2, -0.15) is 0 Å². The van der Waals surface area contributed by atoms with Crippen LogP contribution in [0.15, 0.2) is 20.0 Å². The summed E-state index contributed by atoms with van der Waals surface area (Å²) in [5, 5.41) is 2.76. The molecule has 0 aromatic carbocycles. The van der Waals surface area contributed by atoms with Crippen LogP contribution in [-0.2, 0) is 9.05 Å². The van der Waals surface area contributed by atoms with E-state index in [1.807, 2.05) is 6.92 Å². The number of rotatable bonds is 6. The average molecular weight is 387 g/mol. The highest BCUT2D eigenvalue weighted by Crippen LogP contribution is 2.28. The Labute approximate surface area is 131 Å². The Morgan fingerprint density at radius 3 is 2.55 bits per heavy atom. The van der Waals surface area contributed by atoms with E-state index in [2.05, 4.69) is 35.1 Å². The van der Waals surface area contributed by atoms with E-state index in [-0.39, 0.29) is 21.4 Å². The van der Waals surface area contributed by atoms with Crippen molar-refractivity contribution in [2.45, 2.75) is 44.6 Å². The van der Waals surface area contributed by atoms with E-state index in [4.69, 9.17) is 15.1 Å². The highest BCUT2D eigenvalue weighted by molar-refractivity contribution is 9.10. The van der Waals surface area contributed by atoms with Crippen molar-refractivity contribution in [1.82, 2.24) is 5.32 Å². The third-order valence-electron chi connectivity index (χ3n) is 2.97. The van der Waals surface area contributed by atoms with Gasteiger partial charge in [-0.05, 0) is 35.2 Å². The van der Waals surface area contributed by atoms with Gasteiger partial charge in [-0.25, -0.2) is 8.42 Å². The Morgan fingerprint density at radius 2 is 2.10 bits per heavy atom. The number of hydrogen-bond acceptors (Lipinski definition) is 4. The van der Waals surface area contributed by atoms with E-state index in [1.165, 1.54) is 0 Å². The third kappa shape index (κ3) is 4.79. The Bertz CT molecular complexity index is 584. The zero-order valence-corrected chi connectivity index (χ0v) is 14.6. The predicted octanol–water partition coefficient (Wildman–Crippen LogP) is 3.52. The Kier molecular flexibility index (Phi) is 6.09. The average Bonchev–Trinajstić information content (AvgIpc) is 2.70. The van der Waals surface area contributed by atoms with Crippen molar-refractivity contribution in [3.8, 4) is 0 Å². The molecule has 20 heavy (non-hydrogen) atoms. The third-order valence-corrected chi connectivity index (χ3v) is 5.15. The summed E-state index contributed by atoms with van der Waals surface area (Å²) in [5.41, 5.74) is 0. The Hall–Kier alpha value is -0.530. The summed E-state index contributed by atoms with van der Waals surface area (Å²) in [6.07, 6.45) is 1.87. The summed E-state index contributed by atoms with van der Waals surface area (Å²) in [4.78, 5) is 11.7. The van der Waals surface area contributed by atoms with Crippen LogP contribution in [0.25, 0.3) is 0 Å². The van der Waals surface area contributed by atoms with Crippen molar-refractivity contribution < 1.29 is 17.6 Å². The Balaban J connectivity index is 2.79. The van der Waals surface area contributed by atoms with Crippen molar-refractivity contribution >= 4 is 41.6 Å². The first-order valence-electron chi connectivity index (χ1n) is 6.20. The molecule has 2 atom stereocenters. The molecule has 1 aromatic heterocycles. The van der Waals surface area contributed by atoms with Crippen molar-refractivity contribution in [2.24, 2.45) is 5.92 Å². The maximum absolute atomic E-state index is 12.0. The van der Waals surface area contributed by atoms with Gasteiger partial charge in [0.2, 0.25) is 0 Å². The summed E-state index contributed by atoms with van der Waals surface area (Å²) in [6, 6.07) is 1.08. The highest BCUT2D eigenvalue weighted by Gasteiger charge is 2.24. The monoisotopic (exact) mass is 385 g/mol. The standard InChI is InChI=1S/C12H17BrClNO4S/c1-4-7(2)5-8(3)15-12(16)9-6-10(11(13)19-9)20(14,17)18/h6-8H,4-5H2,1-3H3,(H,15,16). The van der Waals surface area contributed by atoms with E-state index in [0.717, 1.165) is 18.9 Å². The lowest BCUT2D eigenvalue weighted by molar-refractivity contribution is 0.0906. The smallest absolute Gasteiger partial charge is 0.287 e. The second-order valence-corrected chi connectivity index (χ2v) is 8.06. The molecule has 2 unspecified atom stereocenters. The molecule has 114 valence electrons. The molecule has 1 rings (SSSR count). The summed E-state index contributed by atoms with van der Waals surface area (Å²) in [5.74, 6) is -0.0624. The van der Waals surface area contributed by atoms with Crippen molar-refractivity contribution in [3.05, 3.63) is 16.5 Å². The number of amides is 1. The van der Waals surface area contributed by atoms with Gasteiger partial charge < -0.3 is 9.73 Å². The van der Waals surface area contributed by atoms with Crippen molar-refractivity contribution in [1.29, 1.82) is 0 Å². The molecular weight excluding hydrogens is 370 g/mol. The van der Waals surface area contributed by atoms with Gasteiger partial charge in [0.15, 0.2) is 10.4 Å². The molecule has 1 N–H and O–H groups in total. The molecule has 5 nitrogen and oxygen atoms in total. The van der Waals surface area contributed by atoms with Gasteiger partial charge in [0.1, 0.15) is 4.90 Å². The molecule has 0 bridgehead atoms. The molecule has 8 heteroatoms. The number of carbonyl (C=O) groups is 1. The first-order valence-corrected chi connectivity index (χ1v) is 9.30. The van der Waals surface area contributed by atoms with Gasteiger partial charge in [0, 0.05) is 22.8 Å². The molecule has 0 aliphatic heterocycles. The SMILES string of the molecule is CCC(C)CC(C)NC(=O)c1cc(S(=O)(=O)Cl)c(Br)o1. The molecular formula is C12H17BrClNO4S. The largest absolute Gasteiger partial charge is 0.443 e. The van der Waals surface area contributed by atoms with Gasteiger partial charge in [-0.3, -0.25) is 4.79 Å². The molecule has 0 radical (unpaired) electrons. The van der Waals surface area contributed by atoms with Crippen LogP contribution in [0.2, 0.25) is 0 Å². The van der Waals surface area contributed by atoms with Crippen LogP contribution in [-0.4, -0.2) is 20.4 Å². The number of nitrogens with one attached hydrogen (secondary N) is 1. The molecule has 0 saturated carbocycles. The number of hydrogen-bond donors (Lipinski definition) is 1. The van der Waals surface area contributed by atoms with E-state index in [0.29, 0.717) is 5.92 Å². The summed E-state index contributed by atoms with van der Waals surface area (Å²) >= 11 is 2.93. The van der Waals surface area contributed by atoms with Gasteiger partial charge in [0.25, 0.3) is 15.0 Å². The van der Waals surface area contributed by atoms with Gasteiger partial charge in [-0.15, -0.1) is 0 Å². The molecule has 1 amide bonds. The number of carbonyl (C=O) groups excluding carboxylic acids is 1. The molecule has 0 fully saturated rings. The van der Waals surface area contributed by atoms with Crippen LogP contribution in [0.4, 0.5) is 0 Å². The van der Waals surface area contributed by atoms with Crippen molar-refractivity contribution in [2.75, 3.05) is 0 Å². The minimum Gasteiger partial charge on any atom is -0.443 e. The normalized spacial score (nSPS) is 14.8. The fraction of sp³-hybridized carbons (Fsp3) is 0.583. The van der Waals surface area contributed by atoms with Crippen LogP contribution in [0, 0.1) is 5.92 Å². The maximum atomic E-state index is 12.0. The van der Waals surface area contributed by atoms with E-state index >= 15 is 0 Å². The molecule has 0 spiro atoms. The topological polar surface area (TPSA) is 76.4 Å². The van der Waals surface area contributed by atoms with Crippen LogP contribution in [0.3, 0.4) is 0 Å². The first kappa shape index (κ1) is 17.5. The molecule has 0 aliphatic rings. The van der Waals surface area contributed by atoms with E-state index in [9.17, 15) is 13.2 Å². The van der Waals surface area contributed by atoms with E-state index < -0.39 is 15.0 Å². The molecule has 0 saturated heterocycles. The zero-order valence-electron chi connectivity index (χ0n) is 11.4. The lowest BCUT2D eigenvalue weighted by Gasteiger charge is -2.16. The first-order chi connectivity index (χ1) is 9.15. The fourth-order valence-corrected chi connectivity index (χ4v) is 3.79. The summed E-state index contributed by atoms with van der Waals surface area (Å²) in [6.45, 7) is 6.08. The quantitative estimate of drug-likeness (QED) is 0.759. The summed E-state index contributed by atoms with van der Waals surface area (Å²) in [7, 11) is 1.28. The lowest BCUT2D eigenvalue weighted by atomic mass is 10.0. The van der Waals surface area contributed by atoms with Crippen LogP contribution >= 0.6 is 26.6 Å².